The summed E-state index contributed by atoms with van der Waals surface area (Å²) in [7, 11) is -0.436. The molecule has 0 fully saturated rings. The first-order valence-corrected chi connectivity index (χ1v) is 8.89. The summed E-state index contributed by atoms with van der Waals surface area (Å²) < 4.78 is 50.2. The molecule has 23 heavy (non-hydrogen) atoms. The van der Waals surface area contributed by atoms with Crippen molar-refractivity contribution in [2.75, 3.05) is 26.0 Å². The van der Waals surface area contributed by atoms with E-state index in [0.717, 1.165) is 17.5 Å². The SMILES string of the molecule is CN(C)C(CNc1ncc(S(N)(=O)=O)s1)c1c(F)cccc1F. The molecular weight excluding hydrogens is 346 g/mol. The van der Waals surface area contributed by atoms with E-state index in [0.29, 0.717) is 5.13 Å². The summed E-state index contributed by atoms with van der Waals surface area (Å²) in [6, 6.07) is 3.08. The summed E-state index contributed by atoms with van der Waals surface area (Å²) in [6.45, 7) is 0.141. The average Bonchev–Trinajstić information content (AvgIpc) is 2.90. The van der Waals surface area contributed by atoms with Gasteiger partial charge in [0.1, 0.15) is 11.6 Å². The minimum atomic E-state index is -3.82. The van der Waals surface area contributed by atoms with Crippen LogP contribution in [0, 0.1) is 11.6 Å². The maximum absolute atomic E-state index is 13.9. The molecule has 2 aromatic rings. The number of benzene rings is 1. The van der Waals surface area contributed by atoms with Gasteiger partial charge in [-0.3, -0.25) is 0 Å². The molecule has 6 nitrogen and oxygen atoms in total. The number of aromatic nitrogens is 1. The predicted molar refractivity (Wildman–Crippen MR) is 84.8 cm³/mol. The first-order chi connectivity index (χ1) is 10.7. The van der Waals surface area contributed by atoms with Gasteiger partial charge in [-0.05, 0) is 26.2 Å². The number of nitrogens with zero attached hydrogens (tertiary/aromatic N) is 2. The van der Waals surface area contributed by atoms with Crippen LogP contribution in [0.2, 0.25) is 0 Å². The minimum absolute atomic E-state index is 0.0618. The average molecular weight is 362 g/mol. The van der Waals surface area contributed by atoms with Gasteiger partial charge in [-0.25, -0.2) is 27.3 Å². The lowest BCUT2D eigenvalue weighted by atomic mass is 10.0. The predicted octanol–water partition coefficient (Wildman–Crippen LogP) is 1.78. The monoisotopic (exact) mass is 362 g/mol. The van der Waals surface area contributed by atoms with Gasteiger partial charge >= 0.3 is 0 Å². The van der Waals surface area contributed by atoms with Crippen molar-refractivity contribution in [3.05, 3.63) is 41.6 Å². The molecule has 1 aromatic carbocycles. The topological polar surface area (TPSA) is 88.3 Å². The van der Waals surface area contributed by atoms with Gasteiger partial charge in [0.15, 0.2) is 9.34 Å². The molecule has 0 aliphatic heterocycles. The maximum Gasteiger partial charge on any atom is 0.249 e. The Morgan fingerprint density at radius 2 is 1.96 bits per heavy atom. The van der Waals surface area contributed by atoms with E-state index in [1.807, 2.05) is 0 Å². The number of hydrogen-bond acceptors (Lipinski definition) is 6. The van der Waals surface area contributed by atoms with Gasteiger partial charge in [-0.15, -0.1) is 0 Å². The van der Waals surface area contributed by atoms with Gasteiger partial charge in [0, 0.05) is 12.1 Å². The Balaban J connectivity index is 2.20. The fourth-order valence-corrected chi connectivity index (χ4v) is 3.49. The van der Waals surface area contributed by atoms with E-state index in [-0.39, 0.29) is 16.3 Å². The second kappa shape index (κ2) is 6.87. The highest BCUT2D eigenvalue weighted by Crippen LogP contribution is 2.27. The lowest BCUT2D eigenvalue weighted by Gasteiger charge is -2.25. The van der Waals surface area contributed by atoms with Crippen molar-refractivity contribution < 1.29 is 17.2 Å². The van der Waals surface area contributed by atoms with Crippen LogP contribution in [-0.2, 0) is 10.0 Å². The van der Waals surface area contributed by atoms with Crippen LogP contribution >= 0.6 is 11.3 Å². The number of thiazole rings is 1. The third-order valence-corrected chi connectivity index (χ3v) is 5.53. The Morgan fingerprint density at radius 1 is 1.35 bits per heavy atom. The van der Waals surface area contributed by atoms with Crippen LogP contribution in [0.1, 0.15) is 11.6 Å². The van der Waals surface area contributed by atoms with Crippen LogP contribution in [0.3, 0.4) is 0 Å². The summed E-state index contributed by atoms with van der Waals surface area (Å²) in [5, 5.41) is 8.20. The molecule has 0 saturated heterocycles. The molecule has 3 N–H and O–H groups in total. The Hall–Kier alpha value is -1.62. The number of nitrogens with one attached hydrogen (secondary N) is 1. The van der Waals surface area contributed by atoms with E-state index in [2.05, 4.69) is 10.3 Å². The number of halogens is 2. The fourth-order valence-electron chi connectivity index (χ4n) is 2.03. The molecule has 0 saturated carbocycles. The van der Waals surface area contributed by atoms with Crippen molar-refractivity contribution in [2.45, 2.75) is 10.3 Å². The molecule has 0 bridgehead atoms. The molecule has 2 rings (SSSR count). The summed E-state index contributed by atoms with van der Waals surface area (Å²) >= 11 is 0.856. The highest BCUT2D eigenvalue weighted by Gasteiger charge is 2.22. The van der Waals surface area contributed by atoms with Gasteiger partial charge in [-0.2, -0.15) is 0 Å². The first kappa shape index (κ1) is 17.7. The summed E-state index contributed by atoms with van der Waals surface area (Å²) in [5.41, 5.74) is -0.0618. The summed E-state index contributed by atoms with van der Waals surface area (Å²) in [5.74, 6) is -1.29. The van der Waals surface area contributed by atoms with Crippen molar-refractivity contribution >= 4 is 26.5 Å². The lowest BCUT2D eigenvalue weighted by molar-refractivity contribution is 0.295. The third kappa shape index (κ3) is 4.22. The second-order valence-corrected chi connectivity index (χ2v) is 7.84. The summed E-state index contributed by atoms with van der Waals surface area (Å²) in [4.78, 5) is 5.55. The standard InChI is InChI=1S/C13H16F2N4O2S2/c1-19(2)10(12-8(14)4-3-5-9(12)15)6-17-13-18-7-11(22-13)23(16,20)21/h3-5,7,10H,6H2,1-2H3,(H,17,18)(H2,16,20,21). The number of rotatable bonds is 6. The fraction of sp³-hybridized carbons (Fsp3) is 0.308. The molecule has 0 aliphatic carbocycles. The molecule has 126 valence electrons. The van der Waals surface area contributed by atoms with Crippen molar-refractivity contribution in [1.82, 2.24) is 9.88 Å². The second-order valence-electron chi connectivity index (χ2n) is 5.03. The van der Waals surface area contributed by atoms with Gasteiger partial charge in [-0.1, -0.05) is 17.4 Å². The van der Waals surface area contributed by atoms with Crippen molar-refractivity contribution in [1.29, 1.82) is 0 Å². The largest absolute Gasteiger partial charge is 0.360 e. The Labute approximate surface area is 137 Å². The van der Waals surface area contributed by atoms with Gasteiger partial charge < -0.3 is 10.2 Å². The summed E-state index contributed by atoms with van der Waals surface area (Å²) in [6.07, 6.45) is 1.14. The minimum Gasteiger partial charge on any atom is -0.360 e. The number of hydrogen-bond donors (Lipinski definition) is 2. The molecule has 1 unspecified atom stereocenters. The molecular formula is C13H16F2N4O2S2. The molecule has 0 aliphatic rings. The van der Waals surface area contributed by atoms with E-state index in [1.165, 1.54) is 18.2 Å². The van der Waals surface area contributed by atoms with E-state index >= 15 is 0 Å². The van der Waals surface area contributed by atoms with Crippen LogP contribution in [0.25, 0.3) is 0 Å². The molecule has 0 radical (unpaired) electrons. The number of anilines is 1. The van der Waals surface area contributed by atoms with Gasteiger partial charge in [0.2, 0.25) is 10.0 Å². The van der Waals surface area contributed by atoms with E-state index < -0.39 is 27.7 Å². The molecule has 1 aromatic heterocycles. The quantitative estimate of drug-likeness (QED) is 0.818. The normalized spacial score (nSPS) is 13.3. The van der Waals surface area contributed by atoms with Gasteiger partial charge in [0.25, 0.3) is 0 Å². The Kier molecular flexibility index (Phi) is 5.30. The highest BCUT2D eigenvalue weighted by molar-refractivity contribution is 7.91. The highest BCUT2D eigenvalue weighted by atomic mass is 32.2. The molecule has 0 amide bonds. The smallest absolute Gasteiger partial charge is 0.249 e. The zero-order valence-corrected chi connectivity index (χ0v) is 14.1. The van der Waals surface area contributed by atoms with Crippen LogP contribution in [0.15, 0.2) is 28.6 Å². The van der Waals surface area contributed by atoms with Crippen molar-refractivity contribution in [2.24, 2.45) is 5.14 Å². The lowest BCUT2D eigenvalue weighted by Crippen LogP contribution is -2.28. The van der Waals surface area contributed by atoms with Crippen LogP contribution in [0.4, 0.5) is 13.9 Å². The molecule has 0 spiro atoms. The molecule has 1 atom stereocenters. The molecule has 10 heteroatoms. The van der Waals surface area contributed by atoms with Crippen molar-refractivity contribution in [3.63, 3.8) is 0 Å². The van der Waals surface area contributed by atoms with E-state index in [4.69, 9.17) is 5.14 Å². The van der Waals surface area contributed by atoms with Crippen LogP contribution in [-0.4, -0.2) is 38.9 Å². The van der Waals surface area contributed by atoms with Crippen LogP contribution in [0.5, 0.6) is 0 Å². The third-order valence-electron chi connectivity index (χ3n) is 3.17. The zero-order chi connectivity index (χ0) is 17.2. The Bertz CT molecular complexity index is 773. The first-order valence-electron chi connectivity index (χ1n) is 6.53. The van der Waals surface area contributed by atoms with E-state index in [1.54, 1.807) is 19.0 Å². The number of nitrogens with two attached hydrogens (primary N) is 1. The Morgan fingerprint density at radius 3 is 2.43 bits per heavy atom. The number of sulfonamides is 1. The van der Waals surface area contributed by atoms with E-state index in [9.17, 15) is 17.2 Å². The molecule has 1 heterocycles. The van der Waals surface area contributed by atoms with Crippen molar-refractivity contribution in [3.8, 4) is 0 Å². The maximum atomic E-state index is 13.9. The van der Waals surface area contributed by atoms with Gasteiger partial charge in [0.05, 0.1) is 12.2 Å². The number of likely N-dealkylation sites (N-methyl/N-ethyl adjacent to an activating group) is 1. The number of primary sulfonamides is 1. The van der Waals surface area contributed by atoms with Crippen LogP contribution < -0.4 is 10.5 Å². The zero-order valence-electron chi connectivity index (χ0n) is 12.5.